The van der Waals surface area contributed by atoms with Gasteiger partial charge in [0.1, 0.15) is 5.75 Å². The van der Waals surface area contributed by atoms with Gasteiger partial charge in [-0.15, -0.1) is 0 Å². The number of carbonyl (C=O) groups is 1. The van der Waals surface area contributed by atoms with Crippen LogP contribution in [-0.2, 0) is 4.79 Å². The molecule has 26 heavy (non-hydrogen) atoms. The van der Waals surface area contributed by atoms with Crippen LogP contribution in [0.3, 0.4) is 0 Å². The van der Waals surface area contributed by atoms with Gasteiger partial charge in [-0.25, -0.2) is 0 Å². The molecule has 1 amide bonds. The Bertz CT molecular complexity index is 956. The first kappa shape index (κ1) is 18.6. The molecule has 3 rings (SSSR count). The molecule has 0 heterocycles. The van der Waals surface area contributed by atoms with E-state index in [1.54, 1.807) is 24.3 Å². The second-order valence-corrected chi connectivity index (χ2v) is 6.98. The molecule has 0 saturated heterocycles. The summed E-state index contributed by atoms with van der Waals surface area (Å²) in [6.07, 6.45) is 1.13. The van der Waals surface area contributed by atoms with E-state index in [9.17, 15) is 9.90 Å². The molecule has 0 saturated carbocycles. The Kier molecular flexibility index (Phi) is 5.70. The minimum Gasteiger partial charge on any atom is -0.508 e. The summed E-state index contributed by atoms with van der Waals surface area (Å²) in [6.45, 7) is 1.94. The monoisotopic (exact) mass is 387 g/mol. The van der Waals surface area contributed by atoms with Crippen LogP contribution in [0.1, 0.15) is 36.9 Å². The van der Waals surface area contributed by atoms with E-state index < -0.39 is 6.04 Å². The van der Waals surface area contributed by atoms with Crippen molar-refractivity contribution >= 4 is 39.9 Å². The fourth-order valence-corrected chi connectivity index (χ4v) is 3.61. The van der Waals surface area contributed by atoms with Crippen molar-refractivity contribution in [2.45, 2.75) is 25.8 Å². The molecule has 0 aliphatic rings. The summed E-state index contributed by atoms with van der Waals surface area (Å²) >= 11 is 12.4. The highest BCUT2D eigenvalue weighted by atomic mass is 35.5. The van der Waals surface area contributed by atoms with Gasteiger partial charge in [0.2, 0.25) is 5.91 Å². The van der Waals surface area contributed by atoms with E-state index >= 15 is 0 Å². The van der Waals surface area contributed by atoms with Crippen molar-refractivity contribution in [3.05, 3.63) is 75.8 Å². The lowest BCUT2D eigenvalue weighted by Crippen LogP contribution is -2.29. The van der Waals surface area contributed by atoms with Gasteiger partial charge >= 0.3 is 0 Å². The SMILES string of the molecule is CCCC(=O)N[C@H](c1ccc(Cl)cc1Cl)c1c(O)ccc2ccccc12. The lowest BCUT2D eigenvalue weighted by Gasteiger charge is -2.23. The Morgan fingerprint density at radius 1 is 1.12 bits per heavy atom. The minimum atomic E-state index is -0.579. The number of benzene rings is 3. The Morgan fingerprint density at radius 2 is 1.88 bits per heavy atom. The van der Waals surface area contributed by atoms with Crippen molar-refractivity contribution in [3.8, 4) is 5.75 Å². The average Bonchev–Trinajstić information content (AvgIpc) is 2.61. The van der Waals surface area contributed by atoms with Crippen LogP contribution in [0.2, 0.25) is 10.0 Å². The molecule has 0 fully saturated rings. The van der Waals surface area contributed by atoms with E-state index in [1.165, 1.54) is 0 Å². The van der Waals surface area contributed by atoms with E-state index in [-0.39, 0.29) is 11.7 Å². The third kappa shape index (κ3) is 3.79. The quantitative estimate of drug-likeness (QED) is 0.575. The largest absolute Gasteiger partial charge is 0.508 e. The van der Waals surface area contributed by atoms with Crippen molar-refractivity contribution in [2.75, 3.05) is 0 Å². The molecule has 1 atom stereocenters. The van der Waals surface area contributed by atoms with Gasteiger partial charge in [-0.05, 0) is 41.0 Å². The van der Waals surface area contributed by atoms with Gasteiger partial charge in [0.05, 0.1) is 6.04 Å². The second kappa shape index (κ2) is 7.98. The number of carbonyl (C=O) groups excluding carboxylic acids is 1. The Balaban J connectivity index is 2.21. The molecule has 0 unspecified atom stereocenters. The molecule has 5 heteroatoms. The topological polar surface area (TPSA) is 49.3 Å². The molecule has 0 spiro atoms. The number of phenols is 1. The van der Waals surface area contributed by atoms with E-state index in [2.05, 4.69) is 5.32 Å². The normalized spacial score (nSPS) is 12.1. The highest BCUT2D eigenvalue weighted by Crippen LogP contribution is 2.38. The fraction of sp³-hybridized carbons (Fsp3) is 0.190. The van der Waals surface area contributed by atoms with Crippen LogP contribution in [0.4, 0.5) is 0 Å². The van der Waals surface area contributed by atoms with Gasteiger partial charge in [-0.2, -0.15) is 0 Å². The smallest absolute Gasteiger partial charge is 0.220 e. The van der Waals surface area contributed by atoms with Crippen LogP contribution < -0.4 is 5.32 Å². The zero-order chi connectivity index (χ0) is 18.7. The van der Waals surface area contributed by atoms with Crippen molar-refractivity contribution < 1.29 is 9.90 Å². The van der Waals surface area contributed by atoms with Crippen LogP contribution in [0.5, 0.6) is 5.75 Å². The lowest BCUT2D eigenvalue weighted by molar-refractivity contribution is -0.121. The average molecular weight is 388 g/mol. The first-order valence-corrected chi connectivity index (χ1v) is 9.21. The Hall–Kier alpha value is -2.23. The van der Waals surface area contributed by atoms with Crippen LogP contribution in [0, 0.1) is 0 Å². The maximum Gasteiger partial charge on any atom is 0.220 e. The summed E-state index contributed by atoms with van der Waals surface area (Å²) in [4.78, 5) is 12.4. The molecule has 0 aliphatic carbocycles. The summed E-state index contributed by atoms with van der Waals surface area (Å²) in [7, 11) is 0. The molecular weight excluding hydrogens is 369 g/mol. The summed E-state index contributed by atoms with van der Waals surface area (Å²) in [5.41, 5.74) is 1.31. The third-order valence-corrected chi connectivity index (χ3v) is 4.85. The molecule has 0 aliphatic heterocycles. The zero-order valence-corrected chi connectivity index (χ0v) is 15.8. The molecule has 0 bridgehead atoms. The maximum atomic E-state index is 12.4. The standard InChI is InChI=1S/C21H19Cl2NO2/c1-2-5-19(26)24-21(16-10-9-14(22)12-17(16)23)20-15-7-4-3-6-13(15)8-11-18(20)25/h3-4,6-12,21,25H,2,5H2,1H3,(H,24,26)/t21-/m1/s1. The van der Waals surface area contributed by atoms with Crippen LogP contribution in [0.15, 0.2) is 54.6 Å². The van der Waals surface area contributed by atoms with Gasteiger partial charge in [-0.1, -0.05) is 66.5 Å². The number of rotatable bonds is 5. The van der Waals surface area contributed by atoms with Gasteiger partial charge in [0.15, 0.2) is 0 Å². The van der Waals surface area contributed by atoms with Gasteiger partial charge < -0.3 is 10.4 Å². The van der Waals surface area contributed by atoms with Gasteiger partial charge in [0, 0.05) is 22.0 Å². The number of halogens is 2. The molecule has 3 aromatic carbocycles. The number of hydrogen-bond donors (Lipinski definition) is 2. The number of fused-ring (bicyclic) bond motifs is 1. The third-order valence-electron chi connectivity index (χ3n) is 4.29. The number of amides is 1. The molecule has 0 radical (unpaired) electrons. The molecule has 134 valence electrons. The van der Waals surface area contributed by atoms with Crippen molar-refractivity contribution in [2.24, 2.45) is 0 Å². The van der Waals surface area contributed by atoms with Crippen LogP contribution in [-0.4, -0.2) is 11.0 Å². The summed E-state index contributed by atoms with van der Waals surface area (Å²) in [6, 6.07) is 15.8. The summed E-state index contributed by atoms with van der Waals surface area (Å²) in [5.74, 6) is 0.00682. The van der Waals surface area contributed by atoms with E-state index in [4.69, 9.17) is 23.2 Å². The van der Waals surface area contributed by atoms with Gasteiger partial charge in [0.25, 0.3) is 0 Å². The summed E-state index contributed by atoms with van der Waals surface area (Å²) in [5, 5.41) is 16.4. The Labute approximate surface area is 162 Å². The zero-order valence-electron chi connectivity index (χ0n) is 14.3. The van der Waals surface area contributed by atoms with Crippen molar-refractivity contribution in [1.29, 1.82) is 0 Å². The first-order chi connectivity index (χ1) is 12.5. The van der Waals surface area contributed by atoms with Crippen LogP contribution >= 0.6 is 23.2 Å². The number of nitrogens with one attached hydrogen (secondary N) is 1. The molecular formula is C21H19Cl2NO2. The number of aromatic hydroxyl groups is 1. The highest BCUT2D eigenvalue weighted by Gasteiger charge is 2.24. The molecule has 0 aromatic heterocycles. The molecule has 2 N–H and O–H groups in total. The van der Waals surface area contributed by atoms with Crippen molar-refractivity contribution in [1.82, 2.24) is 5.32 Å². The molecule has 3 nitrogen and oxygen atoms in total. The van der Waals surface area contributed by atoms with E-state index in [1.807, 2.05) is 37.3 Å². The highest BCUT2D eigenvalue weighted by molar-refractivity contribution is 6.35. The van der Waals surface area contributed by atoms with E-state index in [0.29, 0.717) is 27.6 Å². The van der Waals surface area contributed by atoms with Gasteiger partial charge in [-0.3, -0.25) is 4.79 Å². The van der Waals surface area contributed by atoms with E-state index in [0.717, 1.165) is 17.2 Å². The Morgan fingerprint density at radius 3 is 2.62 bits per heavy atom. The predicted octanol–water partition coefficient (Wildman–Crippen LogP) is 5.86. The minimum absolute atomic E-state index is 0.101. The predicted molar refractivity (Wildman–Crippen MR) is 107 cm³/mol. The van der Waals surface area contributed by atoms with Crippen LogP contribution in [0.25, 0.3) is 10.8 Å². The second-order valence-electron chi connectivity index (χ2n) is 6.14. The van der Waals surface area contributed by atoms with Crippen molar-refractivity contribution in [3.63, 3.8) is 0 Å². The molecule has 3 aromatic rings. The fourth-order valence-electron chi connectivity index (χ4n) is 3.09. The first-order valence-electron chi connectivity index (χ1n) is 8.46. The lowest BCUT2D eigenvalue weighted by atomic mass is 9.92. The maximum absolute atomic E-state index is 12.4. The summed E-state index contributed by atoms with van der Waals surface area (Å²) < 4.78 is 0. The number of phenolic OH excluding ortho intramolecular Hbond substituents is 1. The number of hydrogen-bond acceptors (Lipinski definition) is 2.